The first kappa shape index (κ1) is 33.6. The van der Waals surface area contributed by atoms with Gasteiger partial charge in [0.25, 0.3) is 5.91 Å². The van der Waals surface area contributed by atoms with Crippen LogP contribution in [0, 0.1) is 31.6 Å². The Hall–Kier alpha value is -3.75. The predicted octanol–water partition coefficient (Wildman–Crippen LogP) is 5.34. The number of aliphatic hydroxyl groups excluding tert-OH is 1. The molecule has 2 amide bonds. The lowest BCUT2D eigenvalue weighted by Gasteiger charge is -2.40. The molecule has 3 fully saturated rings. The quantitative estimate of drug-likeness (QED) is 0.173. The van der Waals surface area contributed by atoms with E-state index in [9.17, 15) is 14.7 Å². The highest BCUT2D eigenvalue weighted by atomic mass is 16.6. The Morgan fingerprint density at radius 1 is 1.15 bits per heavy atom. The summed E-state index contributed by atoms with van der Waals surface area (Å²) in [6.07, 6.45) is 6.63. The summed E-state index contributed by atoms with van der Waals surface area (Å²) in [5, 5.41) is 10.8. The van der Waals surface area contributed by atoms with E-state index in [0.717, 1.165) is 35.2 Å². The number of anilines is 1. The first-order valence-corrected chi connectivity index (χ1v) is 16.5. The molecule has 1 N–H and O–H groups in total. The number of carbonyl (C=O) groups is 3. The van der Waals surface area contributed by atoms with Crippen LogP contribution in [-0.2, 0) is 30.3 Å². The van der Waals surface area contributed by atoms with Crippen LogP contribution in [0.4, 0.5) is 5.69 Å². The number of likely N-dealkylation sites (tertiary alicyclic amines) is 1. The monoisotopic (exact) mass is 628 g/mol. The number of benzene rings is 2. The molecule has 5 rings (SSSR count). The average molecular weight is 629 g/mol. The summed E-state index contributed by atoms with van der Waals surface area (Å²) in [7, 11) is 0. The molecule has 3 aliphatic rings. The average Bonchev–Trinajstić information content (AvgIpc) is 3.56. The van der Waals surface area contributed by atoms with E-state index in [1.54, 1.807) is 15.9 Å². The van der Waals surface area contributed by atoms with E-state index in [0.29, 0.717) is 19.3 Å². The molecule has 2 bridgehead atoms. The van der Waals surface area contributed by atoms with E-state index in [2.05, 4.69) is 13.2 Å². The number of unbranched alkanes of at least 4 members (excludes halogenated alkanes) is 2. The van der Waals surface area contributed by atoms with Crippen LogP contribution < -0.4 is 4.90 Å². The van der Waals surface area contributed by atoms with Gasteiger partial charge < -0.3 is 24.4 Å². The Morgan fingerprint density at radius 2 is 1.89 bits per heavy atom. The largest absolute Gasteiger partial charge is 0.465 e. The molecule has 2 aromatic carbocycles. The number of aliphatic hydroxyl groups is 1. The van der Waals surface area contributed by atoms with Crippen LogP contribution in [0.25, 0.3) is 0 Å². The molecule has 7 atom stereocenters. The lowest BCUT2D eigenvalue weighted by Crippen LogP contribution is -2.59. The van der Waals surface area contributed by atoms with Crippen LogP contribution in [0.15, 0.2) is 73.8 Å². The third-order valence-corrected chi connectivity index (χ3v) is 10.4. The van der Waals surface area contributed by atoms with E-state index in [1.807, 2.05) is 82.3 Å². The molecule has 3 aliphatic heterocycles. The molecule has 46 heavy (non-hydrogen) atoms. The molecule has 0 aliphatic carbocycles. The second kappa shape index (κ2) is 13.5. The van der Waals surface area contributed by atoms with Gasteiger partial charge in [-0.25, -0.2) is 0 Å². The molecule has 246 valence electrons. The highest BCUT2D eigenvalue weighted by Crippen LogP contribution is 2.65. The van der Waals surface area contributed by atoms with Gasteiger partial charge in [-0.2, -0.15) is 0 Å². The van der Waals surface area contributed by atoms with E-state index in [4.69, 9.17) is 9.47 Å². The Balaban J connectivity index is 1.60. The van der Waals surface area contributed by atoms with E-state index >= 15 is 4.79 Å². The van der Waals surface area contributed by atoms with Gasteiger partial charge in [0.05, 0.1) is 30.8 Å². The van der Waals surface area contributed by atoms with E-state index in [-0.39, 0.29) is 37.5 Å². The fourth-order valence-electron chi connectivity index (χ4n) is 8.09. The van der Waals surface area contributed by atoms with Crippen molar-refractivity contribution in [1.82, 2.24) is 4.90 Å². The number of amides is 2. The van der Waals surface area contributed by atoms with Crippen LogP contribution >= 0.6 is 0 Å². The van der Waals surface area contributed by atoms with Crippen molar-refractivity contribution in [2.24, 2.45) is 17.8 Å². The molecule has 0 aromatic heterocycles. The maximum atomic E-state index is 15.1. The zero-order valence-corrected chi connectivity index (χ0v) is 27.6. The molecule has 3 saturated heterocycles. The van der Waals surface area contributed by atoms with Crippen molar-refractivity contribution in [2.75, 3.05) is 24.7 Å². The highest BCUT2D eigenvalue weighted by Gasteiger charge is 2.80. The number of rotatable bonds is 14. The van der Waals surface area contributed by atoms with Crippen molar-refractivity contribution < 1.29 is 29.0 Å². The van der Waals surface area contributed by atoms with E-state index in [1.165, 1.54) is 0 Å². The SMILES string of the molecule is C=CCCCCOC(=O)[C@H]1[C@H]2C(=O)N([C@@H](CO)Cc3ccccc3)C(C(=O)N(CC=C)c3cc(C)ccc3C)C23CC(C)[C@]1(C)O3. The summed E-state index contributed by atoms with van der Waals surface area (Å²) < 4.78 is 12.7. The summed E-state index contributed by atoms with van der Waals surface area (Å²) in [6, 6.07) is 13.8. The highest BCUT2D eigenvalue weighted by molar-refractivity contribution is 6.05. The standard InChI is InChI=1S/C38H48N2O6/c1-7-9-10-14-20-45-36(44)32-31-34(42)40(29(24-41)22-28-15-12-11-13-16-28)33(38(31)23-27(5)37(32,6)46-38)35(43)39(19-8-2)30-21-25(3)17-18-26(30)4/h7-8,11-13,15-18,21,27,29,31-33,41H,1-2,9-10,14,19-20,22-24H2,3-6H3/t27?,29-,31+,32-,33?,37+,38?/m1/s1. The Labute approximate surface area is 273 Å². The summed E-state index contributed by atoms with van der Waals surface area (Å²) in [4.78, 5) is 47.1. The summed E-state index contributed by atoms with van der Waals surface area (Å²) in [5.41, 5.74) is 1.29. The summed E-state index contributed by atoms with van der Waals surface area (Å²) in [6.45, 7) is 15.6. The maximum absolute atomic E-state index is 15.1. The summed E-state index contributed by atoms with van der Waals surface area (Å²) in [5.74, 6) is -3.06. The number of fused-ring (bicyclic) bond motifs is 1. The second-order valence-corrected chi connectivity index (χ2v) is 13.5. The number of esters is 1. The Bertz CT molecular complexity index is 1470. The molecule has 2 aromatic rings. The summed E-state index contributed by atoms with van der Waals surface area (Å²) >= 11 is 0. The maximum Gasteiger partial charge on any atom is 0.312 e. The molecule has 3 unspecified atom stereocenters. The van der Waals surface area contributed by atoms with Crippen LogP contribution in [0.1, 0.15) is 56.2 Å². The van der Waals surface area contributed by atoms with Crippen molar-refractivity contribution in [3.8, 4) is 0 Å². The molecule has 1 spiro atoms. The zero-order valence-electron chi connectivity index (χ0n) is 27.6. The minimum atomic E-state index is -1.27. The van der Waals surface area contributed by atoms with Gasteiger partial charge >= 0.3 is 5.97 Å². The normalized spacial score (nSPS) is 28.5. The zero-order chi connectivity index (χ0) is 33.2. The van der Waals surface area contributed by atoms with Crippen molar-refractivity contribution in [3.63, 3.8) is 0 Å². The van der Waals surface area contributed by atoms with Gasteiger partial charge in [0.1, 0.15) is 17.6 Å². The number of ether oxygens (including phenoxy) is 2. The minimum Gasteiger partial charge on any atom is -0.465 e. The third kappa shape index (κ3) is 5.71. The lowest BCUT2D eigenvalue weighted by atomic mass is 9.62. The van der Waals surface area contributed by atoms with Crippen LogP contribution in [-0.4, -0.2) is 70.8 Å². The topological polar surface area (TPSA) is 96.4 Å². The van der Waals surface area contributed by atoms with Gasteiger partial charge in [0.15, 0.2) is 0 Å². The number of nitrogens with zero attached hydrogens (tertiary/aromatic N) is 2. The van der Waals surface area contributed by atoms with Crippen LogP contribution in [0.5, 0.6) is 0 Å². The number of hydrogen-bond acceptors (Lipinski definition) is 6. The number of allylic oxidation sites excluding steroid dienone is 1. The molecule has 3 heterocycles. The van der Waals surface area contributed by atoms with Crippen molar-refractivity contribution in [3.05, 3.63) is 90.5 Å². The third-order valence-electron chi connectivity index (χ3n) is 10.4. The number of aryl methyl sites for hydroxylation is 2. The molecule has 8 nitrogen and oxygen atoms in total. The smallest absolute Gasteiger partial charge is 0.312 e. The van der Waals surface area contributed by atoms with Gasteiger partial charge in [-0.1, -0.05) is 61.5 Å². The Morgan fingerprint density at radius 3 is 2.57 bits per heavy atom. The molecule has 0 radical (unpaired) electrons. The van der Waals surface area contributed by atoms with Crippen molar-refractivity contribution in [2.45, 2.75) is 83.1 Å². The fraction of sp³-hybridized carbons (Fsp3) is 0.500. The second-order valence-electron chi connectivity index (χ2n) is 13.5. The lowest BCUT2D eigenvalue weighted by molar-refractivity contribution is -0.162. The molecular formula is C38H48N2O6. The minimum absolute atomic E-state index is 0.125. The van der Waals surface area contributed by atoms with E-state index < -0.39 is 41.1 Å². The fourth-order valence-corrected chi connectivity index (χ4v) is 8.09. The first-order valence-electron chi connectivity index (χ1n) is 16.5. The van der Waals surface area contributed by atoms with Gasteiger partial charge in [-0.3, -0.25) is 14.4 Å². The molecule has 8 heteroatoms. The van der Waals surface area contributed by atoms with Gasteiger partial charge in [-0.15, -0.1) is 13.2 Å². The first-order chi connectivity index (χ1) is 22.0. The van der Waals surface area contributed by atoms with Crippen LogP contribution in [0.2, 0.25) is 0 Å². The van der Waals surface area contributed by atoms with Crippen molar-refractivity contribution >= 4 is 23.5 Å². The van der Waals surface area contributed by atoms with Gasteiger partial charge in [0.2, 0.25) is 5.91 Å². The van der Waals surface area contributed by atoms with Crippen molar-refractivity contribution in [1.29, 1.82) is 0 Å². The molecular weight excluding hydrogens is 580 g/mol. The van der Waals surface area contributed by atoms with Gasteiger partial charge in [0, 0.05) is 12.2 Å². The van der Waals surface area contributed by atoms with Gasteiger partial charge in [-0.05, 0) is 81.5 Å². The Kier molecular flexibility index (Phi) is 9.89. The predicted molar refractivity (Wildman–Crippen MR) is 178 cm³/mol. The molecule has 0 saturated carbocycles. The van der Waals surface area contributed by atoms with Crippen LogP contribution in [0.3, 0.4) is 0 Å². The number of hydrogen-bond donors (Lipinski definition) is 1. The number of carbonyl (C=O) groups excluding carboxylic acids is 3.